The topological polar surface area (TPSA) is 39.6 Å². The molecule has 2 rings (SSSR count). The maximum Gasteiger partial charge on any atom is 0.187 e. The number of thiazole rings is 1. The van der Waals surface area contributed by atoms with E-state index >= 15 is 0 Å². The van der Waals surface area contributed by atoms with Gasteiger partial charge in [0.15, 0.2) is 5.13 Å². The minimum atomic E-state index is -0.0263. The molecule has 0 spiro atoms. The zero-order valence-electron chi connectivity index (χ0n) is 9.48. The van der Waals surface area contributed by atoms with E-state index < -0.39 is 0 Å². The average Bonchev–Trinajstić information content (AvgIpc) is 2.83. The fraction of sp³-hybridized carbons (Fsp3) is 0.700. The molecule has 90 valence electrons. The first-order chi connectivity index (χ1) is 7.61. The zero-order valence-corrected chi connectivity index (χ0v) is 11.1. The minimum absolute atomic E-state index is 0.0263. The number of anilines is 1. The number of rotatable bonds is 3. The number of aliphatic hydroxyl groups is 1. The first-order valence-electron chi connectivity index (χ1n) is 5.29. The third-order valence-electron chi connectivity index (χ3n) is 2.95. The molecule has 1 aliphatic rings. The lowest BCUT2D eigenvalue weighted by atomic mass is 10.2. The van der Waals surface area contributed by atoms with Gasteiger partial charge in [-0.25, -0.2) is 4.98 Å². The van der Waals surface area contributed by atoms with E-state index in [2.05, 4.69) is 28.9 Å². The maximum atomic E-state index is 9.07. The molecule has 0 saturated carbocycles. The Balaban J connectivity index is 2.08. The van der Waals surface area contributed by atoms with Crippen LogP contribution in [0.25, 0.3) is 0 Å². The van der Waals surface area contributed by atoms with Gasteiger partial charge in [0.25, 0.3) is 0 Å². The Morgan fingerprint density at radius 3 is 2.88 bits per heavy atom. The third-order valence-corrected chi connectivity index (χ3v) is 4.47. The molecule has 1 fully saturated rings. The van der Waals surface area contributed by atoms with Gasteiger partial charge in [0, 0.05) is 19.1 Å². The highest BCUT2D eigenvalue weighted by Gasteiger charge is 2.26. The predicted molar refractivity (Wildman–Crippen MR) is 67.4 cm³/mol. The van der Waals surface area contributed by atoms with Crippen LogP contribution in [0.5, 0.6) is 0 Å². The van der Waals surface area contributed by atoms with Crippen molar-refractivity contribution < 1.29 is 5.11 Å². The van der Waals surface area contributed by atoms with Gasteiger partial charge in [0.1, 0.15) is 5.15 Å². The Bertz CT molecular complexity index is 369. The van der Waals surface area contributed by atoms with Crippen molar-refractivity contribution in [3.8, 4) is 0 Å². The predicted octanol–water partition coefficient (Wildman–Crippen LogP) is 1.43. The van der Waals surface area contributed by atoms with E-state index in [1.807, 2.05) is 0 Å². The Hall–Kier alpha value is -0.360. The van der Waals surface area contributed by atoms with E-state index in [4.69, 9.17) is 16.7 Å². The van der Waals surface area contributed by atoms with Crippen LogP contribution in [-0.4, -0.2) is 48.2 Å². The van der Waals surface area contributed by atoms with E-state index in [1.54, 1.807) is 0 Å². The van der Waals surface area contributed by atoms with Crippen LogP contribution in [0, 0.1) is 0 Å². The molecule has 1 aliphatic heterocycles. The molecule has 0 aromatic carbocycles. The van der Waals surface area contributed by atoms with Gasteiger partial charge in [-0.15, -0.1) is 0 Å². The lowest BCUT2D eigenvalue weighted by molar-refractivity contribution is 0.285. The van der Waals surface area contributed by atoms with Crippen molar-refractivity contribution in [3.63, 3.8) is 0 Å². The second kappa shape index (κ2) is 4.87. The van der Waals surface area contributed by atoms with Crippen molar-refractivity contribution in [2.75, 3.05) is 32.1 Å². The van der Waals surface area contributed by atoms with Crippen LogP contribution in [0.4, 0.5) is 5.13 Å². The largest absolute Gasteiger partial charge is 0.391 e. The number of likely N-dealkylation sites (N-methyl/N-ethyl adjacent to an activating group) is 1. The maximum absolute atomic E-state index is 9.07. The summed E-state index contributed by atoms with van der Waals surface area (Å²) in [5.41, 5.74) is 0. The molecular weight excluding hydrogens is 246 g/mol. The number of aliphatic hydroxyl groups excluding tert-OH is 1. The molecule has 1 N–H and O–H groups in total. The Labute approximate surface area is 104 Å². The quantitative estimate of drug-likeness (QED) is 0.894. The van der Waals surface area contributed by atoms with Crippen LogP contribution in [-0.2, 0) is 6.61 Å². The van der Waals surface area contributed by atoms with Gasteiger partial charge >= 0.3 is 0 Å². The van der Waals surface area contributed by atoms with Crippen molar-refractivity contribution in [2.24, 2.45) is 0 Å². The van der Waals surface area contributed by atoms with Crippen LogP contribution in [0.15, 0.2) is 0 Å². The smallest absolute Gasteiger partial charge is 0.187 e. The SMILES string of the molecule is CN(C)C1CCN(c2nc(Cl)c(CO)s2)C1. The molecule has 1 unspecified atom stereocenters. The standard InChI is InChI=1S/C10H16ClN3OS/c1-13(2)7-3-4-14(5-7)10-12-9(11)8(6-15)16-10/h7,15H,3-6H2,1-2H3. The van der Waals surface area contributed by atoms with Gasteiger partial charge in [-0.1, -0.05) is 22.9 Å². The molecule has 1 saturated heterocycles. The highest BCUT2D eigenvalue weighted by atomic mass is 35.5. The van der Waals surface area contributed by atoms with Crippen molar-refractivity contribution in [3.05, 3.63) is 10.0 Å². The summed E-state index contributed by atoms with van der Waals surface area (Å²) < 4.78 is 0. The molecule has 1 atom stereocenters. The Kier molecular flexibility index (Phi) is 3.69. The summed E-state index contributed by atoms with van der Waals surface area (Å²) in [4.78, 5) is 9.52. The molecule has 2 heterocycles. The highest BCUT2D eigenvalue weighted by Crippen LogP contribution is 2.31. The van der Waals surface area contributed by atoms with E-state index in [0.29, 0.717) is 11.2 Å². The van der Waals surface area contributed by atoms with Crippen LogP contribution in [0.2, 0.25) is 5.15 Å². The summed E-state index contributed by atoms with van der Waals surface area (Å²) in [5.74, 6) is 0. The molecule has 1 aromatic heterocycles. The number of aromatic nitrogens is 1. The Morgan fingerprint density at radius 2 is 2.38 bits per heavy atom. The third kappa shape index (κ3) is 2.32. The van der Waals surface area contributed by atoms with Crippen LogP contribution < -0.4 is 4.90 Å². The van der Waals surface area contributed by atoms with Gasteiger partial charge in [0.05, 0.1) is 11.5 Å². The first kappa shape index (κ1) is 12.1. The van der Waals surface area contributed by atoms with E-state index in [9.17, 15) is 0 Å². The molecule has 6 heteroatoms. The van der Waals surface area contributed by atoms with Crippen LogP contribution in [0.3, 0.4) is 0 Å². The molecule has 16 heavy (non-hydrogen) atoms. The number of hydrogen-bond donors (Lipinski definition) is 1. The van der Waals surface area contributed by atoms with Crippen molar-refractivity contribution >= 4 is 28.1 Å². The second-order valence-electron chi connectivity index (χ2n) is 4.22. The van der Waals surface area contributed by atoms with Crippen molar-refractivity contribution in [2.45, 2.75) is 19.1 Å². The number of hydrogen-bond acceptors (Lipinski definition) is 5. The monoisotopic (exact) mass is 261 g/mol. The Morgan fingerprint density at radius 1 is 1.62 bits per heavy atom. The first-order valence-corrected chi connectivity index (χ1v) is 6.48. The molecule has 0 amide bonds. The van der Waals surface area contributed by atoms with Gasteiger partial charge < -0.3 is 14.9 Å². The lowest BCUT2D eigenvalue weighted by Gasteiger charge is -2.19. The van der Waals surface area contributed by atoms with E-state index in [1.165, 1.54) is 11.3 Å². The summed E-state index contributed by atoms with van der Waals surface area (Å²) in [5, 5.41) is 10.4. The molecule has 0 radical (unpaired) electrons. The number of halogens is 1. The van der Waals surface area contributed by atoms with Gasteiger partial charge in [0.2, 0.25) is 0 Å². The van der Waals surface area contributed by atoms with E-state index in [0.717, 1.165) is 29.5 Å². The summed E-state index contributed by atoms with van der Waals surface area (Å²) in [6, 6.07) is 0.584. The molecule has 1 aromatic rings. The molecule has 0 aliphatic carbocycles. The number of nitrogens with zero attached hydrogens (tertiary/aromatic N) is 3. The average molecular weight is 262 g/mol. The summed E-state index contributed by atoms with van der Waals surface area (Å²) in [6.45, 7) is 1.97. The van der Waals surface area contributed by atoms with Crippen molar-refractivity contribution in [1.29, 1.82) is 0 Å². The summed E-state index contributed by atoms with van der Waals surface area (Å²) >= 11 is 7.41. The highest BCUT2D eigenvalue weighted by molar-refractivity contribution is 7.16. The summed E-state index contributed by atoms with van der Waals surface area (Å²) in [6.07, 6.45) is 1.15. The lowest BCUT2D eigenvalue weighted by Crippen LogP contribution is -2.31. The van der Waals surface area contributed by atoms with Crippen molar-refractivity contribution in [1.82, 2.24) is 9.88 Å². The van der Waals surface area contributed by atoms with Crippen LogP contribution >= 0.6 is 22.9 Å². The molecule has 4 nitrogen and oxygen atoms in total. The fourth-order valence-electron chi connectivity index (χ4n) is 1.89. The fourth-order valence-corrected chi connectivity index (χ4v) is 3.04. The zero-order chi connectivity index (χ0) is 11.7. The normalized spacial score (nSPS) is 21.1. The summed E-state index contributed by atoms with van der Waals surface area (Å²) in [7, 11) is 4.20. The van der Waals surface area contributed by atoms with Gasteiger partial charge in [-0.05, 0) is 20.5 Å². The van der Waals surface area contributed by atoms with Crippen LogP contribution in [0.1, 0.15) is 11.3 Å². The van der Waals surface area contributed by atoms with E-state index in [-0.39, 0.29) is 6.61 Å². The molecular formula is C10H16ClN3OS. The minimum Gasteiger partial charge on any atom is -0.391 e. The van der Waals surface area contributed by atoms with Gasteiger partial charge in [-0.3, -0.25) is 0 Å². The molecule has 0 bridgehead atoms. The van der Waals surface area contributed by atoms with Gasteiger partial charge in [-0.2, -0.15) is 0 Å². The second-order valence-corrected chi connectivity index (χ2v) is 5.64.